The quantitative estimate of drug-likeness (QED) is 0.791. The molecule has 0 bridgehead atoms. The van der Waals surface area contributed by atoms with E-state index in [4.69, 9.17) is 5.84 Å². The van der Waals surface area contributed by atoms with Gasteiger partial charge in [0.1, 0.15) is 0 Å². The number of hydrazine groups is 1. The molecule has 3 N–H and O–H groups in total. The van der Waals surface area contributed by atoms with Crippen LogP contribution in [0.15, 0.2) is 24.3 Å². The first kappa shape index (κ1) is 17.7. The predicted molar refractivity (Wildman–Crippen MR) is 106 cm³/mol. The Bertz CT molecular complexity index is 838. The number of benzene rings is 1. The molecule has 0 saturated carbocycles. The molecule has 1 aliphatic heterocycles. The summed E-state index contributed by atoms with van der Waals surface area (Å²) in [6.45, 7) is 6.29. The minimum Gasteiger partial charge on any atom is -0.478 e. The Hall–Kier alpha value is -1.69. The molecule has 138 valence electrons. The van der Waals surface area contributed by atoms with E-state index in [0.29, 0.717) is 11.5 Å². The molecular formula is C21H26N2O2S. The molecule has 1 aliphatic carbocycles. The highest BCUT2D eigenvalue weighted by Gasteiger charge is 2.33. The number of thiophene rings is 1. The number of carboxylic acid groups (broad SMARTS) is 1. The molecule has 0 spiro atoms. The number of hydrogen-bond donors (Lipinski definition) is 2. The molecule has 0 amide bonds. The van der Waals surface area contributed by atoms with Gasteiger partial charge in [0, 0.05) is 22.8 Å². The maximum atomic E-state index is 12.0. The number of aromatic carboxylic acids is 1. The number of carbonyl (C=O) groups is 1. The first-order valence-electron chi connectivity index (χ1n) is 9.32. The molecule has 1 aromatic carbocycles. The summed E-state index contributed by atoms with van der Waals surface area (Å²) >= 11 is 1.67. The minimum atomic E-state index is -0.797. The SMILES string of the molecule is CC1(C)CCc2sc(-c3ccc([C@H]4CCN(N)C4)cc3)c(C(=O)O)c2C1. The van der Waals surface area contributed by atoms with E-state index in [2.05, 4.69) is 38.1 Å². The van der Waals surface area contributed by atoms with E-state index >= 15 is 0 Å². The van der Waals surface area contributed by atoms with E-state index in [9.17, 15) is 9.90 Å². The van der Waals surface area contributed by atoms with Crippen LogP contribution in [0.2, 0.25) is 0 Å². The molecule has 1 aromatic heterocycles. The average Bonchev–Trinajstić information content (AvgIpc) is 3.17. The fourth-order valence-electron chi connectivity index (χ4n) is 4.32. The van der Waals surface area contributed by atoms with Crippen molar-refractivity contribution in [2.24, 2.45) is 11.3 Å². The Kier molecular flexibility index (Phi) is 4.41. The van der Waals surface area contributed by atoms with Crippen LogP contribution in [-0.4, -0.2) is 29.2 Å². The zero-order valence-electron chi connectivity index (χ0n) is 15.4. The third kappa shape index (κ3) is 3.20. The predicted octanol–water partition coefficient (Wildman–Crippen LogP) is 4.29. The molecule has 4 nitrogen and oxygen atoms in total. The number of fused-ring (bicyclic) bond motifs is 1. The van der Waals surface area contributed by atoms with Crippen molar-refractivity contribution in [3.8, 4) is 10.4 Å². The second kappa shape index (κ2) is 6.48. The molecule has 5 heteroatoms. The lowest BCUT2D eigenvalue weighted by atomic mass is 9.76. The Balaban J connectivity index is 1.70. The number of hydrogen-bond acceptors (Lipinski definition) is 4. The summed E-state index contributed by atoms with van der Waals surface area (Å²) in [5.41, 5.74) is 4.08. The lowest BCUT2D eigenvalue weighted by molar-refractivity contribution is 0.0696. The van der Waals surface area contributed by atoms with Crippen molar-refractivity contribution in [1.29, 1.82) is 0 Å². The minimum absolute atomic E-state index is 0.177. The summed E-state index contributed by atoms with van der Waals surface area (Å²) in [7, 11) is 0. The van der Waals surface area contributed by atoms with Crippen molar-refractivity contribution >= 4 is 17.3 Å². The fourth-order valence-corrected chi connectivity index (χ4v) is 5.63. The molecule has 26 heavy (non-hydrogen) atoms. The summed E-state index contributed by atoms with van der Waals surface area (Å²) < 4.78 is 0. The first-order valence-corrected chi connectivity index (χ1v) is 10.1. The van der Waals surface area contributed by atoms with E-state index < -0.39 is 5.97 Å². The summed E-state index contributed by atoms with van der Waals surface area (Å²) in [4.78, 5) is 14.2. The Morgan fingerprint density at radius 2 is 2.04 bits per heavy atom. The molecule has 2 heterocycles. The van der Waals surface area contributed by atoms with Crippen molar-refractivity contribution in [2.45, 2.75) is 45.4 Å². The van der Waals surface area contributed by atoms with Gasteiger partial charge in [0.2, 0.25) is 0 Å². The Morgan fingerprint density at radius 3 is 2.65 bits per heavy atom. The number of nitrogens with zero attached hydrogens (tertiary/aromatic N) is 1. The highest BCUT2D eigenvalue weighted by molar-refractivity contribution is 7.16. The van der Waals surface area contributed by atoms with Gasteiger partial charge in [-0.05, 0) is 53.7 Å². The van der Waals surface area contributed by atoms with Crippen molar-refractivity contribution in [1.82, 2.24) is 5.01 Å². The highest BCUT2D eigenvalue weighted by atomic mass is 32.1. The maximum Gasteiger partial charge on any atom is 0.337 e. The molecular weight excluding hydrogens is 344 g/mol. The molecule has 2 aliphatic rings. The van der Waals surface area contributed by atoms with E-state index in [1.807, 2.05) is 5.01 Å². The third-order valence-corrected chi connectivity index (χ3v) is 7.19. The van der Waals surface area contributed by atoms with Crippen LogP contribution in [0.1, 0.15) is 59.0 Å². The number of nitrogens with two attached hydrogens (primary N) is 1. The Morgan fingerprint density at radius 1 is 1.31 bits per heavy atom. The molecule has 1 atom stereocenters. The number of carboxylic acids is 1. The topological polar surface area (TPSA) is 66.6 Å². The number of aryl methyl sites for hydroxylation is 1. The summed E-state index contributed by atoms with van der Waals surface area (Å²) in [5, 5.41) is 11.8. The highest BCUT2D eigenvalue weighted by Crippen LogP contribution is 2.45. The monoisotopic (exact) mass is 370 g/mol. The lowest BCUT2D eigenvalue weighted by Crippen LogP contribution is -2.27. The zero-order chi connectivity index (χ0) is 18.5. The molecule has 1 saturated heterocycles. The van der Waals surface area contributed by atoms with Crippen molar-refractivity contribution in [2.75, 3.05) is 13.1 Å². The summed E-state index contributed by atoms with van der Waals surface area (Å²) in [6.07, 6.45) is 4.04. The van der Waals surface area contributed by atoms with Crippen molar-refractivity contribution < 1.29 is 9.90 Å². The smallest absolute Gasteiger partial charge is 0.337 e. The van der Waals surface area contributed by atoms with E-state index in [-0.39, 0.29) is 5.41 Å². The van der Waals surface area contributed by atoms with Gasteiger partial charge in [0.25, 0.3) is 0 Å². The fraction of sp³-hybridized carbons (Fsp3) is 0.476. The van der Waals surface area contributed by atoms with Gasteiger partial charge in [0.05, 0.1) is 5.56 Å². The maximum absolute atomic E-state index is 12.0. The normalized spacial score (nSPS) is 22.3. The Labute approximate surface area is 158 Å². The molecule has 1 fully saturated rings. The van der Waals surface area contributed by atoms with Crippen LogP contribution < -0.4 is 5.84 Å². The van der Waals surface area contributed by atoms with Crippen molar-refractivity contribution in [3.05, 3.63) is 45.8 Å². The van der Waals surface area contributed by atoms with Gasteiger partial charge in [-0.15, -0.1) is 11.3 Å². The molecule has 0 radical (unpaired) electrons. The largest absolute Gasteiger partial charge is 0.478 e. The first-order chi connectivity index (χ1) is 12.3. The summed E-state index contributed by atoms with van der Waals surface area (Å²) in [6, 6.07) is 8.47. The standard InChI is InChI=1S/C21H26N2O2S/c1-21(2)9-7-17-16(11-21)18(20(24)25)19(26-17)14-5-3-13(4-6-14)15-8-10-23(22)12-15/h3-6,15H,7-12,22H2,1-2H3,(H,24,25)/t15-/m0/s1. The van der Waals surface area contributed by atoms with Crippen LogP contribution in [0.4, 0.5) is 0 Å². The average molecular weight is 371 g/mol. The van der Waals surface area contributed by atoms with Gasteiger partial charge in [-0.25, -0.2) is 9.80 Å². The van der Waals surface area contributed by atoms with E-state index in [0.717, 1.165) is 54.8 Å². The second-order valence-electron chi connectivity index (χ2n) is 8.46. The van der Waals surface area contributed by atoms with E-state index in [1.54, 1.807) is 11.3 Å². The van der Waals surface area contributed by atoms with E-state index in [1.165, 1.54) is 10.4 Å². The van der Waals surface area contributed by atoms with Gasteiger partial charge in [0.15, 0.2) is 0 Å². The number of rotatable bonds is 3. The van der Waals surface area contributed by atoms with Crippen LogP contribution in [0.3, 0.4) is 0 Å². The third-order valence-electron chi connectivity index (χ3n) is 5.85. The van der Waals surface area contributed by atoms with Crippen LogP contribution in [0, 0.1) is 5.41 Å². The second-order valence-corrected chi connectivity index (χ2v) is 9.56. The lowest BCUT2D eigenvalue weighted by Gasteiger charge is -2.29. The van der Waals surface area contributed by atoms with Gasteiger partial charge in [-0.3, -0.25) is 5.84 Å². The molecule has 4 rings (SSSR count). The van der Waals surface area contributed by atoms with Crippen LogP contribution in [-0.2, 0) is 12.8 Å². The van der Waals surface area contributed by atoms with Gasteiger partial charge in [-0.1, -0.05) is 38.1 Å². The van der Waals surface area contributed by atoms with Crippen LogP contribution in [0.5, 0.6) is 0 Å². The van der Waals surface area contributed by atoms with Gasteiger partial charge in [-0.2, -0.15) is 0 Å². The van der Waals surface area contributed by atoms with Crippen molar-refractivity contribution in [3.63, 3.8) is 0 Å². The molecule has 0 unspecified atom stereocenters. The van der Waals surface area contributed by atoms with Gasteiger partial charge < -0.3 is 5.11 Å². The zero-order valence-corrected chi connectivity index (χ0v) is 16.2. The summed E-state index contributed by atoms with van der Waals surface area (Å²) in [5.74, 6) is 5.56. The molecule has 2 aromatic rings. The van der Waals surface area contributed by atoms with Crippen LogP contribution in [0.25, 0.3) is 10.4 Å². The van der Waals surface area contributed by atoms with Gasteiger partial charge >= 0.3 is 5.97 Å². The van der Waals surface area contributed by atoms with Crippen LogP contribution >= 0.6 is 11.3 Å².